The molecule has 66 valence electrons. The molecule has 0 aromatic heterocycles. The highest BCUT2D eigenvalue weighted by atomic mass is 16.6. The van der Waals surface area contributed by atoms with Gasteiger partial charge in [0.05, 0.1) is 6.61 Å². The Kier molecular flexibility index (Phi) is 0.958. The Labute approximate surface area is 72.3 Å². The number of Topliss-reactive ketones (excluding diaryl/α,β-unsaturated/α-hetero) is 1. The molecule has 0 radical (unpaired) electrons. The number of hydrogen-bond acceptors (Lipinski definition) is 2. The molecule has 0 aromatic rings. The lowest BCUT2D eigenvalue weighted by Crippen LogP contribution is -2.60. The van der Waals surface area contributed by atoms with Crippen LogP contribution in [0.3, 0.4) is 0 Å². The predicted molar refractivity (Wildman–Crippen MR) is 43.7 cm³/mol. The summed E-state index contributed by atoms with van der Waals surface area (Å²) in [6, 6.07) is 0. The largest absolute Gasteiger partial charge is 0.361 e. The summed E-state index contributed by atoms with van der Waals surface area (Å²) in [5.74, 6) is 1.55. The molecule has 4 fully saturated rings. The molecule has 4 rings (SSSR count). The summed E-state index contributed by atoms with van der Waals surface area (Å²) in [4.78, 5) is 11.6. The van der Waals surface area contributed by atoms with Crippen LogP contribution in [0, 0.1) is 17.3 Å². The maximum atomic E-state index is 11.6. The van der Waals surface area contributed by atoms with Gasteiger partial charge in [-0.15, -0.1) is 0 Å². The smallest absolute Gasteiger partial charge is 0.167 e. The van der Waals surface area contributed by atoms with E-state index in [1.807, 2.05) is 0 Å². The summed E-state index contributed by atoms with van der Waals surface area (Å²) < 4.78 is 5.39. The number of hydrogen-bond donors (Lipinski definition) is 0. The fourth-order valence-corrected chi connectivity index (χ4v) is 3.18. The SMILES string of the molecule is CC1(C)[C@H]2CC(=O)[C@@]3(CO3)[C@@H]1C2. The first-order valence-corrected chi connectivity index (χ1v) is 4.74. The number of carbonyl (C=O) groups excluding carboxylic acids is 1. The van der Waals surface area contributed by atoms with Gasteiger partial charge in [-0.25, -0.2) is 0 Å². The first kappa shape index (κ1) is 7.07. The third-order valence-corrected chi connectivity index (χ3v) is 4.39. The van der Waals surface area contributed by atoms with E-state index >= 15 is 0 Å². The minimum atomic E-state index is -0.293. The van der Waals surface area contributed by atoms with Crippen molar-refractivity contribution in [2.45, 2.75) is 32.3 Å². The van der Waals surface area contributed by atoms with Crippen LogP contribution in [-0.2, 0) is 9.53 Å². The second-order valence-corrected chi connectivity index (χ2v) is 5.11. The minimum Gasteiger partial charge on any atom is -0.361 e. The maximum absolute atomic E-state index is 11.6. The predicted octanol–water partition coefficient (Wildman–Crippen LogP) is 1.39. The van der Waals surface area contributed by atoms with Crippen LogP contribution >= 0.6 is 0 Å². The summed E-state index contributed by atoms with van der Waals surface area (Å²) >= 11 is 0. The van der Waals surface area contributed by atoms with Crippen LogP contribution in [0.2, 0.25) is 0 Å². The first-order chi connectivity index (χ1) is 5.57. The van der Waals surface area contributed by atoms with E-state index in [0.29, 0.717) is 29.6 Å². The molecule has 4 aliphatic rings. The summed E-state index contributed by atoms with van der Waals surface area (Å²) in [6.07, 6.45) is 1.99. The fourth-order valence-electron chi connectivity index (χ4n) is 3.18. The number of rotatable bonds is 0. The van der Waals surface area contributed by atoms with Gasteiger partial charge in [-0.05, 0) is 17.8 Å². The van der Waals surface area contributed by atoms with Crippen molar-refractivity contribution in [3.05, 3.63) is 0 Å². The lowest BCUT2D eigenvalue weighted by Gasteiger charge is -2.58. The molecule has 0 unspecified atom stereocenters. The van der Waals surface area contributed by atoms with Gasteiger partial charge < -0.3 is 4.74 Å². The van der Waals surface area contributed by atoms with Gasteiger partial charge in [0.1, 0.15) is 0 Å². The van der Waals surface area contributed by atoms with Crippen molar-refractivity contribution in [3.8, 4) is 0 Å². The molecule has 1 spiro atoms. The van der Waals surface area contributed by atoms with Crippen LogP contribution in [0.4, 0.5) is 0 Å². The van der Waals surface area contributed by atoms with Crippen molar-refractivity contribution >= 4 is 5.78 Å². The first-order valence-electron chi connectivity index (χ1n) is 4.74. The zero-order valence-electron chi connectivity index (χ0n) is 7.59. The highest BCUT2D eigenvalue weighted by molar-refractivity contribution is 5.92. The average molecular weight is 166 g/mol. The average Bonchev–Trinajstić information content (AvgIpc) is 2.76. The van der Waals surface area contributed by atoms with Crippen LogP contribution < -0.4 is 0 Å². The van der Waals surface area contributed by atoms with E-state index in [1.54, 1.807) is 0 Å². The molecule has 1 heterocycles. The highest BCUT2D eigenvalue weighted by Crippen LogP contribution is 2.65. The number of carbonyl (C=O) groups is 1. The van der Waals surface area contributed by atoms with E-state index < -0.39 is 0 Å². The van der Waals surface area contributed by atoms with Gasteiger partial charge in [0, 0.05) is 12.3 Å². The van der Waals surface area contributed by atoms with Gasteiger partial charge in [0.2, 0.25) is 0 Å². The van der Waals surface area contributed by atoms with Crippen molar-refractivity contribution in [1.82, 2.24) is 0 Å². The summed E-state index contributed by atoms with van der Waals surface area (Å²) in [5, 5.41) is 0. The molecule has 3 atom stereocenters. The van der Waals surface area contributed by atoms with Crippen molar-refractivity contribution < 1.29 is 9.53 Å². The summed E-state index contributed by atoms with van der Waals surface area (Å²) in [6.45, 7) is 5.26. The van der Waals surface area contributed by atoms with E-state index in [0.717, 1.165) is 6.42 Å². The molecule has 0 amide bonds. The van der Waals surface area contributed by atoms with Crippen LogP contribution in [0.1, 0.15) is 26.7 Å². The number of ketones is 1. The second-order valence-electron chi connectivity index (χ2n) is 5.11. The number of epoxide rings is 1. The summed E-state index contributed by atoms with van der Waals surface area (Å²) in [5.41, 5.74) is 0.0721. The molecule has 1 aliphatic heterocycles. The number of fused-ring (bicyclic) bond motifs is 1. The van der Waals surface area contributed by atoms with Crippen LogP contribution in [0.15, 0.2) is 0 Å². The van der Waals surface area contributed by atoms with E-state index in [1.165, 1.54) is 6.42 Å². The minimum absolute atomic E-state index is 0.293. The van der Waals surface area contributed by atoms with Crippen molar-refractivity contribution in [1.29, 1.82) is 0 Å². The standard InChI is InChI=1S/C10H14O2/c1-9(2)6-3-7(9)10(5-12-10)8(11)4-6/h6-7H,3-5H2,1-2H3/t6-,7-,10-/m1/s1. The van der Waals surface area contributed by atoms with Crippen molar-refractivity contribution in [3.63, 3.8) is 0 Å². The Morgan fingerprint density at radius 1 is 1.50 bits per heavy atom. The summed E-state index contributed by atoms with van der Waals surface area (Å²) in [7, 11) is 0. The van der Waals surface area contributed by atoms with Gasteiger partial charge in [0.15, 0.2) is 11.4 Å². The molecule has 2 nitrogen and oxygen atoms in total. The van der Waals surface area contributed by atoms with Gasteiger partial charge in [-0.3, -0.25) is 4.79 Å². The van der Waals surface area contributed by atoms with Crippen LogP contribution in [0.25, 0.3) is 0 Å². The molecular weight excluding hydrogens is 152 g/mol. The lowest BCUT2D eigenvalue weighted by molar-refractivity contribution is -0.158. The molecule has 1 saturated heterocycles. The molecule has 0 aromatic carbocycles. The molecule has 12 heavy (non-hydrogen) atoms. The van der Waals surface area contributed by atoms with E-state index in [4.69, 9.17) is 4.74 Å². The third kappa shape index (κ3) is 0.535. The third-order valence-electron chi connectivity index (χ3n) is 4.39. The van der Waals surface area contributed by atoms with E-state index in [2.05, 4.69) is 13.8 Å². The molecule has 3 saturated carbocycles. The van der Waals surface area contributed by atoms with Gasteiger partial charge in [0.25, 0.3) is 0 Å². The quantitative estimate of drug-likeness (QED) is 0.509. The molecule has 0 N–H and O–H groups in total. The molecule has 3 aliphatic carbocycles. The lowest BCUT2D eigenvalue weighted by atomic mass is 9.45. The Bertz CT molecular complexity index is 263. The molecule has 2 heteroatoms. The molecule has 2 bridgehead atoms. The Morgan fingerprint density at radius 3 is 2.58 bits per heavy atom. The van der Waals surface area contributed by atoms with Gasteiger partial charge in [-0.1, -0.05) is 13.8 Å². The number of ether oxygens (including phenoxy) is 1. The Hall–Kier alpha value is -0.370. The van der Waals surface area contributed by atoms with E-state index in [9.17, 15) is 4.79 Å². The van der Waals surface area contributed by atoms with Crippen molar-refractivity contribution in [2.24, 2.45) is 17.3 Å². The van der Waals surface area contributed by atoms with E-state index in [-0.39, 0.29) is 5.60 Å². The molecular formula is C10H14O2. The topological polar surface area (TPSA) is 29.6 Å². The van der Waals surface area contributed by atoms with Crippen LogP contribution in [0.5, 0.6) is 0 Å². The highest BCUT2D eigenvalue weighted by Gasteiger charge is 2.71. The monoisotopic (exact) mass is 166 g/mol. The normalized spacial score (nSPS) is 53.7. The Balaban J connectivity index is 2.00. The maximum Gasteiger partial charge on any atom is 0.167 e. The second kappa shape index (κ2) is 1.63. The van der Waals surface area contributed by atoms with Gasteiger partial charge >= 0.3 is 0 Å². The Morgan fingerprint density at radius 2 is 2.17 bits per heavy atom. The van der Waals surface area contributed by atoms with Crippen molar-refractivity contribution in [2.75, 3.05) is 6.61 Å². The zero-order valence-corrected chi connectivity index (χ0v) is 7.59. The van der Waals surface area contributed by atoms with Crippen LogP contribution in [-0.4, -0.2) is 18.0 Å². The van der Waals surface area contributed by atoms with Gasteiger partial charge in [-0.2, -0.15) is 0 Å². The fraction of sp³-hybridized carbons (Fsp3) is 0.900. The zero-order chi connectivity index (χ0) is 8.56.